The molecule has 2 aromatic rings. The Labute approximate surface area is 226 Å². The van der Waals surface area contributed by atoms with Crippen molar-refractivity contribution in [2.24, 2.45) is 5.92 Å². The largest absolute Gasteiger partial charge is 0.495 e. The van der Waals surface area contributed by atoms with Crippen LogP contribution in [0, 0.1) is 12.8 Å². The number of sulfonamides is 1. The van der Waals surface area contributed by atoms with Crippen molar-refractivity contribution in [2.75, 3.05) is 30.8 Å². The summed E-state index contributed by atoms with van der Waals surface area (Å²) >= 11 is 6.20. The normalized spacial score (nSPS) is 12.2. The number of methoxy groups -OCH3 is 1. The number of ether oxygens (including phenoxy) is 1. The molecule has 0 saturated carbocycles. The molecule has 2 aromatic carbocycles. The first-order chi connectivity index (χ1) is 17.3. The number of nitrogens with zero attached hydrogens (tertiary/aromatic N) is 2. The van der Waals surface area contributed by atoms with Gasteiger partial charge in [-0.2, -0.15) is 0 Å². The molecule has 0 heterocycles. The van der Waals surface area contributed by atoms with Crippen LogP contribution in [0.15, 0.2) is 42.5 Å². The van der Waals surface area contributed by atoms with E-state index in [1.165, 1.54) is 17.5 Å². The van der Waals surface area contributed by atoms with Gasteiger partial charge in [0.25, 0.3) is 0 Å². The SMILES string of the molecule is COc1ccc(N(CCCC(=O)N(Cc2ccc(C)cc2)C(C)C(=O)NCC(C)C)S(C)(=O)=O)cc1Cl. The van der Waals surface area contributed by atoms with Gasteiger partial charge < -0.3 is 15.0 Å². The second-order valence-corrected chi connectivity index (χ2v) is 11.9. The molecule has 0 aromatic heterocycles. The Kier molecular flexibility index (Phi) is 11.3. The van der Waals surface area contributed by atoms with Crippen molar-refractivity contribution in [3.05, 3.63) is 58.6 Å². The van der Waals surface area contributed by atoms with E-state index >= 15 is 0 Å². The molecule has 8 nitrogen and oxygen atoms in total. The number of hydrogen-bond acceptors (Lipinski definition) is 5. The van der Waals surface area contributed by atoms with Crippen LogP contribution in [0.3, 0.4) is 0 Å². The lowest BCUT2D eigenvalue weighted by atomic mass is 10.1. The molecule has 37 heavy (non-hydrogen) atoms. The monoisotopic (exact) mass is 551 g/mol. The molecular weight excluding hydrogens is 514 g/mol. The number of benzene rings is 2. The number of anilines is 1. The summed E-state index contributed by atoms with van der Waals surface area (Å²) in [5, 5.41) is 3.19. The average molecular weight is 552 g/mol. The summed E-state index contributed by atoms with van der Waals surface area (Å²) in [5.74, 6) is 0.269. The quantitative estimate of drug-likeness (QED) is 0.398. The smallest absolute Gasteiger partial charge is 0.242 e. The molecule has 0 saturated heterocycles. The third-order valence-electron chi connectivity index (χ3n) is 5.90. The van der Waals surface area contributed by atoms with E-state index in [0.717, 1.165) is 17.4 Å². The van der Waals surface area contributed by atoms with Crippen molar-refractivity contribution >= 4 is 39.1 Å². The van der Waals surface area contributed by atoms with Crippen molar-refractivity contribution in [1.29, 1.82) is 0 Å². The van der Waals surface area contributed by atoms with Crippen LogP contribution in [0.1, 0.15) is 44.7 Å². The topological polar surface area (TPSA) is 96.0 Å². The predicted molar refractivity (Wildman–Crippen MR) is 148 cm³/mol. The summed E-state index contributed by atoms with van der Waals surface area (Å²) in [7, 11) is -2.15. The average Bonchev–Trinajstić information content (AvgIpc) is 2.83. The first-order valence-electron chi connectivity index (χ1n) is 12.3. The highest BCUT2D eigenvalue weighted by molar-refractivity contribution is 7.92. The molecule has 1 unspecified atom stereocenters. The number of carbonyl (C=O) groups excluding carboxylic acids is 2. The standard InChI is InChI=1S/C27H38ClN3O5S/c1-19(2)17-29-27(33)21(4)30(18-22-11-9-20(3)10-12-22)26(32)8-7-15-31(37(6,34)35)23-13-14-25(36-5)24(28)16-23/h9-14,16,19,21H,7-8,15,17-18H2,1-6H3,(H,29,33). The van der Waals surface area contributed by atoms with Gasteiger partial charge in [0.05, 0.1) is 24.1 Å². The van der Waals surface area contributed by atoms with Crippen molar-refractivity contribution in [3.63, 3.8) is 0 Å². The molecule has 0 aliphatic heterocycles. The minimum Gasteiger partial charge on any atom is -0.495 e. The van der Waals surface area contributed by atoms with Crippen molar-refractivity contribution < 1.29 is 22.7 Å². The number of carbonyl (C=O) groups is 2. The molecule has 0 spiro atoms. The van der Waals surface area contributed by atoms with Crippen molar-refractivity contribution in [1.82, 2.24) is 10.2 Å². The van der Waals surface area contributed by atoms with Gasteiger partial charge in [0.1, 0.15) is 11.8 Å². The number of amides is 2. The van der Waals surface area contributed by atoms with Gasteiger partial charge in [-0.25, -0.2) is 8.42 Å². The minimum absolute atomic E-state index is 0.0730. The Hall–Kier alpha value is -2.78. The Morgan fingerprint density at radius 3 is 2.27 bits per heavy atom. The highest BCUT2D eigenvalue weighted by Crippen LogP contribution is 2.30. The van der Waals surface area contributed by atoms with Crippen LogP contribution in [0.2, 0.25) is 5.02 Å². The maximum Gasteiger partial charge on any atom is 0.242 e. The summed E-state index contributed by atoms with van der Waals surface area (Å²) in [6.45, 7) is 8.58. The number of nitrogens with one attached hydrogen (secondary N) is 1. The van der Waals surface area contributed by atoms with Crippen LogP contribution < -0.4 is 14.4 Å². The second kappa shape index (κ2) is 13.7. The maximum absolute atomic E-state index is 13.3. The van der Waals surface area contributed by atoms with E-state index in [-0.39, 0.29) is 48.7 Å². The molecule has 0 radical (unpaired) electrons. The second-order valence-electron chi connectivity index (χ2n) is 9.58. The predicted octanol–water partition coefficient (Wildman–Crippen LogP) is 4.39. The molecule has 0 aliphatic rings. The van der Waals surface area contributed by atoms with Crippen LogP contribution in [0.25, 0.3) is 0 Å². The first-order valence-corrected chi connectivity index (χ1v) is 14.5. The van der Waals surface area contributed by atoms with E-state index < -0.39 is 16.1 Å². The highest BCUT2D eigenvalue weighted by Gasteiger charge is 2.27. The lowest BCUT2D eigenvalue weighted by Gasteiger charge is -2.29. The number of aryl methyl sites for hydroxylation is 1. The fraction of sp³-hybridized carbons (Fsp3) is 0.481. The number of rotatable bonds is 13. The minimum atomic E-state index is -3.63. The molecule has 0 fully saturated rings. The van der Waals surface area contributed by atoms with Gasteiger partial charge in [-0.3, -0.25) is 13.9 Å². The van der Waals surface area contributed by atoms with E-state index in [4.69, 9.17) is 16.3 Å². The van der Waals surface area contributed by atoms with E-state index in [1.807, 2.05) is 45.0 Å². The molecule has 1 N–H and O–H groups in total. The molecule has 0 aliphatic carbocycles. The molecule has 2 rings (SSSR count). The van der Waals surface area contributed by atoms with Crippen LogP contribution in [0.4, 0.5) is 5.69 Å². The van der Waals surface area contributed by atoms with Gasteiger partial charge in [-0.15, -0.1) is 0 Å². The Morgan fingerprint density at radius 1 is 1.08 bits per heavy atom. The van der Waals surface area contributed by atoms with Gasteiger partial charge in [0.2, 0.25) is 21.8 Å². The zero-order valence-electron chi connectivity index (χ0n) is 22.5. The van der Waals surface area contributed by atoms with E-state index in [1.54, 1.807) is 24.0 Å². The highest BCUT2D eigenvalue weighted by atomic mass is 35.5. The summed E-state index contributed by atoms with van der Waals surface area (Å²) in [6, 6.07) is 11.9. The van der Waals surface area contributed by atoms with Crippen LogP contribution in [-0.2, 0) is 26.2 Å². The van der Waals surface area contributed by atoms with Gasteiger partial charge >= 0.3 is 0 Å². The van der Waals surface area contributed by atoms with Gasteiger partial charge in [0.15, 0.2) is 0 Å². The summed E-state index contributed by atoms with van der Waals surface area (Å²) in [5.41, 5.74) is 2.40. The molecule has 1 atom stereocenters. The third kappa shape index (κ3) is 9.23. The van der Waals surface area contributed by atoms with Gasteiger partial charge in [-0.1, -0.05) is 55.3 Å². The zero-order valence-corrected chi connectivity index (χ0v) is 24.0. The zero-order chi connectivity index (χ0) is 27.8. The van der Waals surface area contributed by atoms with Crippen LogP contribution >= 0.6 is 11.6 Å². The van der Waals surface area contributed by atoms with Gasteiger partial charge in [0, 0.05) is 26.1 Å². The Morgan fingerprint density at radius 2 is 1.73 bits per heavy atom. The number of halogens is 1. The Balaban J connectivity index is 2.17. The van der Waals surface area contributed by atoms with E-state index in [2.05, 4.69) is 5.32 Å². The van der Waals surface area contributed by atoms with Crippen LogP contribution in [-0.4, -0.2) is 57.6 Å². The van der Waals surface area contributed by atoms with Crippen molar-refractivity contribution in [2.45, 2.75) is 53.1 Å². The summed E-state index contributed by atoms with van der Waals surface area (Å²) < 4.78 is 31.4. The number of hydrogen-bond donors (Lipinski definition) is 1. The Bertz CT molecular complexity index is 1170. The molecule has 0 bridgehead atoms. The lowest BCUT2D eigenvalue weighted by molar-refractivity contribution is -0.140. The fourth-order valence-electron chi connectivity index (χ4n) is 3.74. The molecular formula is C27H38ClN3O5S. The van der Waals surface area contributed by atoms with Crippen molar-refractivity contribution in [3.8, 4) is 5.75 Å². The summed E-state index contributed by atoms with van der Waals surface area (Å²) in [4.78, 5) is 27.7. The summed E-state index contributed by atoms with van der Waals surface area (Å²) in [6.07, 6.45) is 1.45. The van der Waals surface area contributed by atoms with E-state index in [0.29, 0.717) is 18.0 Å². The molecule has 204 valence electrons. The first kappa shape index (κ1) is 30.4. The van der Waals surface area contributed by atoms with Gasteiger partial charge in [-0.05, 0) is 49.9 Å². The maximum atomic E-state index is 13.3. The fourth-order valence-corrected chi connectivity index (χ4v) is 4.95. The molecule has 2 amide bonds. The lowest BCUT2D eigenvalue weighted by Crippen LogP contribution is -2.48. The van der Waals surface area contributed by atoms with Crippen LogP contribution in [0.5, 0.6) is 5.75 Å². The third-order valence-corrected chi connectivity index (χ3v) is 7.39. The molecule has 10 heteroatoms. The van der Waals surface area contributed by atoms with E-state index in [9.17, 15) is 18.0 Å².